The number of rotatable bonds is 3. The van der Waals surface area contributed by atoms with Crippen molar-refractivity contribution in [1.29, 1.82) is 0 Å². The van der Waals surface area contributed by atoms with Crippen LogP contribution >= 0.6 is 0 Å². The predicted molar refractivity (Wildman–Crippen MR) is 110 cm³/mol. The summed E-state index contributed by atoms with van der Waals surface area (Å²) >= 11 is 0. The van der Waals surface area contributed by atoms with Gasteiger partial charge >= 0.3 is 0 Å². The van der Waals surface area contributed by atoms with Gasteiger partial charge in [-0.3, -0.25) is 4.79 Å². The molecule has 3 heterocycles. The van der Waals surface area contributed by atoms with Crippen LogP contribution in [0.1, 0.15) is 40.7 Å². The number of benzene rings is 2. The van der Waals surface area contributed by atoms with Crippen LogP contribution in [-0.4, -0.2) is 38.7 Å². The number of aromatic nitrogens is 3. The lowest BCUT2D eigenvalue weighted by Gasteiger charge is -2.30. The van der Waals surface area contributed by atoms with Crippen LogP contribution in [0.15, 0.2) is 65.2 Å². The monoisotopic (exact) mass is 386 g/mol. The third kappa shape index (κ3) is 3.31. The van der Waals surface area contributed by atoms with Gasteiger partial charge in [-0.15, -0.1) is 0 Å². The standard InChI is InChI=1S/C23H22N4O2/c1-16-10-13-24-27(16)19-8-6-18(7-9-19)23(28)26-14-11-17(12-15-26)22-25-20-4-2-3-5-21(20)29-22/h2-10,13,17H,11-12,14-15H2,1H3. The number of oxazole rings is 1. The first-order valence-corrected chi connectivity index (χ1v) is 9.95. The summed E-state index contributed by atoms with van der Waals surface area (Å²) in [5, 5.41) is 4.31. The fourth-order valence-electron chi connectivity index (χ4n) is 3.96. The Bertz CT molecular complexity index is 1120. The van der Waals surface area contributed by atoms with Crippen LogP contribution in [0.3, 0.4) is 0 Å². The fraction of sp³-hybridized carbons (Fsp3) is 0.261. The van der Waals surface area contributed by atoms with Crippen molar-refractivity contribution in [2.75, 3.05) is 13.1 Å². The predicted octanol–water partition coefficient (Wildman–Crippen LogP) is 4.34. The summed E-state index contributed by atoms with van der Waals surface area (Å²) in [6.07, 6.45) is 3.50. The molecule has 0 unspecified atom stereocenters. The van der Waals surface area contributed by atoms with E-state index in [1.165, 1.54) is 0 Å². The van der Waals surface area contributed by atoms with Crippen LogP contribution in [0, 0.1) is 6.92 Å². The van der Waals surface area contributed by atoms with E-state index in [9.17, 15) is 4.79 Å². The maximum atomic E-state index is 12.9. The Morgan fingerprint density at radius 2 is 1.79 bits per heavy atom. The Hall–Kier alpha value is -3.41. The van der Waals surface area contributed by atoms with Gasteiger partial charge in [0, 0.05) is 36.5 Å². The number of fused-ring (bicyclic) bond motifs is 1. The molecule has 1 saturated heterocycles. The number of amides is 1. The van der Waals surface area contributed by atoms with Gasteiger partial charge in [-0.1, -0.05) is 12.1 Å². The highest BCUT2D eigenvalue weighted by Crippen LogP contribution is 2.30. The van der Waals surface area contributed by atoms with E-state index < -0.39 is 0 Å². The van der Waals surface area contributed by atoms with E-state index in [1.807, 2.05) is 71.1 Å². The highest BCUT2D eigenvalue weighted by atomic mass is 16.3. The zero-order chi connectivity index (χ0) is 19.8. The van der Waals surface area contributed by atoms with Crippen molar-refractivity contribution in [3.05, 3.63) is 77.9 Å². The van der Waals surface area contributed by atoms with E-state index >= 15 is 0 Å². The molecule has 0 bridgehead atoms. The number of hydrogen-bond acceptors (Lipinski definition) is 4. The third-order valence-electron chi connectivity index (χ3n) is 5.63. The molecule has 2 aromatic heterocycles. The highest BCUT2D eigenvalue weighted by molar-refractivity contribution is 5.94. The summed E-state index contributed by atoms with van der Waals surface area (Å²) in [7, 11) is 0. The molecule has 5 rings (SSSR count). The maximum Gasteiger partial charge on any atom is 0.253 e. The van der Waals surface area contributed by atoms with E-state index in [2.05, 4.69) is 10.1 Å². The number of likely N-dealkylation sites (tertiary alicyclic amines) is 1. The molecule has 0 atom stereocenters. The third-order valence-corrected chi connectivity index (χ3v) is 5.63. The highest BCUT2D eigenvalue weighted by Gasteiger charge is 2.27. The second-order valence-corrected chi connectivity index (χ2v) is 7.52. The minimum absolute atomic E-state index is 0.0738. The Labute approximate surface area is 168 Å². The van der Waals surface area contributed by atoms with Gasteiger partial charge in [0.15, 0.2) is 11.5 Å². The van der Waals surface area contributed by atoms with Gasteiger partial charge in [0.25, 0.3) is 5.91 Å². The molecular formula is C23H22N4O2. The summed E-state index contributed by atoms with van der Waals surface area (Å²) in [4.78, 5) is 19.5. The van der Waals surface area contributed by atoms with Crippen LogP contribution < -0.4 is 0 Å². The van der Waals surface area contributed by atoms with E-state index in [0.717, 1.165) is 41.2 Å². The zero-order valence-electron chi connectivity index (χ0n) is 16.3. The normalized spacial score (nSPS) is 15.1. The van der Waals surface area contributed by atoms with Gasteiger partial charge in [0.2, 0.25) is 0 Å². The molecule has 1 amide bonds. The molecule has 29 heavy (non-hydrogen) atoms. The minimum atomic E-state index is 0.0738. The number of nitrogens with zero attached hydrogens (tertiary/aromatic N) is 4. The van der Waals surface area contributed by atoms with Gasteiger partial charge in [-0.25, -0.2) is 9.67 Å². The molecule has 1 aliphatic heterocycles. The number of carbonyl (C=O) groups excluding carboxylic acids is 1. The van der Waals surface area contributed by atoms with Gasteiger partial charge in [-0.05, 0) is 62.2 Å². The van der Waals surface area contributed by atoms with Crippen molar-refractivity contribution in [3.63, 3.8) is 0 Å². The lowest BCUT2D eigenvalue weighted by molar-refractivity contribution is 0.0706. The summed E-state index contributed by atoms with van der Waals surface area (Å²) in [6.45, 7) is 3.43. The molecular weight excluding hydrogens is 364 g/mol. The summed E-state index contributed by atoms with van der Waals surface area (Å²) in [5.41, 5.74) is 4.45. The first kappa shape index (κ1) is 17.7. The number of carbonyl (C=O) groups is 1. The summed E-state index contributed by atoms with van der Waals surface area (Å²) < 4.78 is 7.78. The first-order valence-electron chi connectivity index (χ1n) is 9.95. The molecule has 0 aliphatic carbocycles. The van der Waals surface area contributed by atoms with Crippen LogP contribution in [-0.2, 0) is 0 Å². The second kappa shape index (κ2) is 7.20. The lowest BCUT2D eigenvalue weighted by Crippen LogP contribution is -2.38. The molecule has 0 saturated carbocycles. The molecule has 146 valence electrons. The Balaban J connectivity index is 1.25. The van der Waals surface area contributed by atoms with E-state index in [0.29, 0.717) is 18.7 Å². The van der Waals surface area contributed by atoms with Crippen molar-refractivity contribution >= 4 is 17.0 Å². The molecule has 0 N–H and O–H groups in total. The molecule has 4 aromatic rings. The van der Waals surface area contributed by atoms with Crippen molar-refractivity contribution in [2.45, 2.75) is 25.7 Å². The topological polar surface area (TPSA) is 64.2 Å². The Morgan fingerprint density at radius 1 is 1.03 bits per heavy atom. The average molecular weight is 386 g/mol. The molecule has 2 aromatic carbocycles. The van der Waals surface area contributed by atoms with Gasteiger partial charge in [0.05, 0.1) is 5.69 Å². The maximum absolute atomic E-state index is 12.9. The Morgan fingerprint density at radius 3 is 2.48 bits per heavy atom. The molecule has 6 heteroatoms. The smallest absolute Gasteiger partial charge is 0.253 e. The van der Waals surface area contributed by atoms with E-state index in [1.54, 1.807) is 6.20 Å². The number of piperidine rings is 1. The number of hydrogen-bond donors (Lipinski definition) is 0. The Kier molecular flexibility index (Phi) is 4.39. The van der Waals surface area contributed by atoms with Crippen LogP contribution in [0.5, 0.6) is 0 Å². The molecule has 1 aliphatic rings. The largest absolute Gasteiger partial charge is 0.440 e. The van der Waals surface area contributed by atoms with Crippen molar-refractivity contribution in [1.82, 2.24) is 19.7 Å². The molecule has 6 nitrogen and oxygen atoms in total. The van der Waals surface area contributed by atoms with Gasteiger partial charge < -0.3 is 9.32 Å². The van der Waals surface area contributed by atoms with Crippen LogP contribution in [0.2, 0.25) is 0 Å². The zero-order valence-corrected chi connectivity index (χ0v) is 16.3. The number of aryl methyl sites for hydroxylation is 1. The van der Waals surface area contributed by atoms with Gasteiger partial charge in [-0.2, -0.15) is 5.10 Å². The summed E-state index contributed by atoms with van der Waals surface area (Å²) in [5.74, 6) is 1.12. The first-order chi connectivity index (χ1) is 14.2. The van der Waals surface area contributed by atoms with Crippen molar-refractivity contribution in [2.24, 2.45) is 0 Å². The average Bonchev–Trinajstić information content (AvgIpc) is 3.39. The van der Waals surface area contributed by atoms with E-state index in [4.69, 9.17) is 4.42 Å². The van der Waals surface area contributed by atoms with E-state index in [-0.39, 0.29) is 11.8 Å². The number of para-hydroxylation sites is 2. The lowest BCUT2D eigenvalue weighted by atomic mass is 9.96. The van der Waals surface area contributed by atoms with Crippen molar-refractivity contribution in [3.8, 4) is 5.69 Å². The minimum Gasteiger partial charge on any atom is -0.440 e. The SMILES string of the molecule is Cc1ccnn1-c1ccc(C(=O)N2CCC(c3nc4ccccc4o3)CC2)cc1. The van der Waals surface area contributed by atoms with Gasteiger partial charge in [0.1, 0.15) is 5.52 Å². The van der Waals surface area contributed by atoms with Crippen LogP contribution in [0.25, 0.3) is 16.8 Å². The fourth-order valence-corrected chi connectivity index (χ4v) is 3.96. The molecule has 0 radical (unpaired) electrons. The summed E-state index contributed by atoms with van der Waals surface area (Å²) in [6, 6.07) is 17.4. The quantitative estimate of drug-likeness (QED) is 0.525. The van der Waals surface area contributed by atoms with Crippen molar-refractivity contribution < 1.29 is 9.21 Å². The van der Waals surface area contributed by atoms with Crippen LogP contribution in [0.4, 0.5) is 0 Å². The molecule has 0 spiro atoms. The second-order valence-electron chi connectivity index (χ2n) is 7.52. The molecule has 1 fully saturated rings.